The third-order valence-corrected chi connectivity index (χ3v) is 11.6. The molecule has 0 amide bonds. The van der Waals surface area contributed by atoms with Gasteiger partial charge in [0.2, 0.25) is 0 Å². The van der Waals surface area contributed by atoms with Crippen LogP contribution >= 0.6 is 7.82 Å². The molecule has 9 nitrogen and oxygen atoms in total. The SMILES string of the molecule is CCCCCCCC/C=C/CCCCCCCCCCCC(=O)OC[C@H](COP(=O)(O)OCC[N+](C)(C)C)OC(=O)CCC/C=C/C/C=C/CCCCCCCCCCC. The molecule has 0 spiro atoms. The molecule has 0 aliphatic carbocycles. The van der Waals surface area contributed by atoms with Gasteiger partial charge in [-0.3, -0.25) is 18.6 Å². The number of quaternary nitrogens is 1. The summed E-state index contributed by atoms with van der Waals surface area (Å²) in [5.41, 5.74) is 0. The highest BCUT2D eigenvalue weighted by Crippen LogP contribution is 2.43. The minimum atomic E-state index is -4.39. The van der Waals surface area contributed by atoms with Gasteiger partial charge in [0.05, 0.1) is 27.7 Å². The van der Waals surface area contributed by atoms with Gasteiger partial charge in [0, 0.05) is 12.8 Å². The van der Waals surface area contributed by atoms with Gasteiger partial charge in [-0.2, -0.15) is 0 Å². The Hall–Kier alpha value is -1.77. The lowest BCUT2D eigenvalue weighted by Gasteiger charge is -2.24. The van der Waals surface area contributed by atoms with Gasteiger partial charge >= 0.3 is 19.8 Å². The summed E-state index contributed by atoms with van der Waals surface area (Å²) in [6.45, 7) is 4.39. The van der Waals surface area contributed by atoms with Crippen molar-refractivity contribution in [3.8, 4) is 0 Å². The number of hydrogen-bond donors (Lipinski definition) is 1. The fraction of sp³-hybridized carbons (Fsp3) is 0.840. The second kappa shape index (κ2) is 42.5. The second-order valence-corrected chi connectivity index (χ2v) is 19.3. The maximum absolute atomic E-state index is 12.7. The van der Waals surface area contributed by atoms with Gasteiger partial charge in [-0.1, -0.05) is 179 Å². The highest BCUT2D eigenvalue weighted by Gasteiger charge is 2.27. The van der Waals surface area contributed by atoms with E-state index in [2.05, 4.69) is 50.3 Å². The largest absolute Gasteiger partial charge is 0.472 e. The van der Waals surface area contributed by atoms with E-state index >= 15 is 0 Å². The number of allylic oxidation sites excluding steroid dienone is 6. The van der Waals surface area contributed by atoms with Gasteiger partial charge in [-0.15, -0.1) is 0 Å². The second-order valence-electron chi connectivity index (χ2n) is 17.8. The molecule has 1 unspecified atom stereocenters. The fourth-order valence-corrected chi connectivity index (χ4v) is 7.50. The number of carbonyl (C=O) groups is 2. The van der Waals surface area contributed by atoms with Gasteiger partial charge in [-0.25, -0.2) is 4.57 Å². The molecule has 0 bridgehead atoms. The van der Waals surface area contributed by atoms with E-state index in [-0.39, 0.29) is 32.0 Å². The van der Waals surface area contributed by atoms with Gasteiger partial charge in [0.25, 0.3) is 0 Å². The monoisotopic (exact) mass is 869 g/mol. The minimum Gasteiger partial charge on any atom is -0.462 e. The van der Waals surface area contributed by atoms with Crippen molar-refractivity contribution in [3.05, 3.63) is 36.5 Å². The molecule has 0 saturated carbocycles. The van der Waals surface area contributed by atoms with Crippen LogP contribution in [0.25, 0.3) is 0 Å². The topological polar surface area (TPSA) is 108 Å². The Bertz CT molecular complexity index is 1120. The zero-order valence-corrected chi connectivity index (χ0v) is 40.6. The quantitative estimate of drug-likeness (QED) is 0.0212. The molecule has 0 aromatic heterocycles. The van der Waals surface area contributed by atoms with E-state index in [9.17, 15) is 19.0 Å². The lowest BCUT2D eigenvalue weighted by molar-refractivity contribution is -0.870. The molecule has 2 atom stereocenters. The smallest absolute Gasteiger partial charge is 0.462 e. The molecular weight excluding hydrogens is 774 g/mol. The Kier molecular flexibility index (Phi) is 41.3. The summed E-state index contributed by atoms with van der Waals surface area (Å²) < 4.78 is 34.3. The fourth-order valence-electron chi connectivity index (χ4n) is 6.75. The van der Waals surface area contributed by atoms with Crippen LogP contribution in [0.2, 0.25) is 0 Å². The van der Waals surface area contributed by atoms with Crippen LogP contribution < -0.4 is 0 Å². The molecule has 0 rings (SSSR count). The summed E-state index contributed by atoms with van der Waals surface area (Å²) in [6, 6.07) is 0. The molecule has 0 radical (unpaired) electrons. The Morgan fingerprint density at radius 3 is 1.38 bits per heavy atom. The zero-order valence-electron chi connectivity index (χ0n) is 39.7. The summed E-state index contributed by atoms with van der Waals surface area (Å²) in [6.07, 6.45) is 49.2. The van der Waals surface area contributed by atoms with Crippen molar-refractivity contribution < 1.29 is 42.1 Å². The zero-order chi connectivity index (χ0) is 44.3. The van der Waals surface area contributed by atoms with Crippen molar-refractivity contribution >= 4 is 19.8 Å². The number of ether oxygens (including phenoxy) is 2. The van der Waals surface area contributed by atoms with Crippen molar-refractivity contribution in [1.82, 2.24) is 0 Å². The normalized spacial score (nSPS) is 13.8. The van der Waals surface area contributed by atoms with E-state index in [1.165, 1.54) is 148 Å². The average Bonchev–Trinajstić information content (AvgIpc) is 3.20. The van der Waals surface area contributed by atoms with Crippen molar-refractivity contribution in [1.29, 1.82) is 0 Å². The van der Waals surface area contributed by atoms with E-state index in [4.69, 9.17) is 18.5 Å². The molecule has 0 heterocycles. The van der Waals surface area contributed by atoms with Crippen molar-refractivity contribution in [2.45, 2.75) is 225 Å². The Balaban J connectivity index is 4.33. The first kappa shape index (κ1) is 58.2. The van der Waals surface area contributed by atoms with Gasteiger partial charge in [-0.05, 0) is 64.2 Å². The average molecular weight is 869 g/mol. The van der Waals surface area contributed by atoms with Crippen LogP contribution in [0, 0.1) is 0 Å². The van der Waals surface area contributed by atoms with Crippen molar-refractivity contribution in [2.24, 2.45) is 0 Å². The first-order valence-electron chi connectivity index (χ1n) is 24.7. The van der Waals surface area contributed by atoms with Crippen LogP contribution in [-0.2, 0) is 32.7 Å². The Morgan fingerprint density at radius 2 is 0.917 bits per heavy atom. The minimum absolute atomic E-state index is 0.0244. The van der Waals surface area contributed by atoms with E-state index in [1.807, 2.05) is 21.1 Å². The van der Waals surface area contributed by atoms with Crippen molar-refractivity contribution in [3.63, 3.8) is 0 Å². The van der Waals surface area contributed by atoms with E-state index < -0.39 is 26.5 Å². The van der Waals surface area contributed by atoms with Crippen LogP contribution in [0.15, 0.2) is 36.5 Å². The molecule has 10 heteroatoms. The number of esters is 2. The van der Waals surface area contributed by atoms with Crippen LogP contribution in [0.3, 0.4) is 0 Å². The number of hydrogen-bond acceptors (Lipinski definition) is 7. The van der Waals surface area contributed by atoms with Gasteiger partial charge in [0.15, 0.2) is 6.10 Å². The van der Waals surface area contributed by atoms with Crippen LogP contribution in [-0.4, -0.2) is 74.9 Å². The molecular formula is C50H95NO8P+. The number of phosphoric acid groups is 1. The van der Waals surface area contributed by atoms with Crippen LogP contribution in [0.4, 0.5) is 0 Å². The number of likely N-dealkylation sites (N-methyl/N-ethyl adjacent to an activating group) is 1. The lowest BCUT2D eigenvalue weighted by Crippen LogP contribution is -2.37. The summed E-state index contributed by atoms with van der Waals surface area (Å²) in [4.78, 5) is 35.5. The van der Waals surface area contributed by atoms with Gasteiger partial charge < -0.3 is 18.9 Å². The van der Waals surface area contributed by atoms with Crippen LogP contribution in [0.1, 0.15) is 219 Å². The molecule has 1 N–H and O–H groups in total. The number of unbranched alkanes of at least 4 members (excludes halogenated alkanes) is 25. The highest BCUT2D eigenvalue weighted by atomic mass is 31.2. The van der Waals surface area contributed by atoms with Crippen molar-refractivity contribution in [2.75, 3.05) is 47.5 Å². The third-order valence-electron chi connectivity index (χ3n) is 10.6. The first-order chi connectivity index (χ1) is 29.0. The molecule has 60 heavy (non-hydrogen) atoms. The van der Waals surface area contributed by atoms with Gasteiger partial charge in [0.1, 0.15) is 19.8 Å². The molecule has 0 aromatic rings. The molecule has 0 aliphatic heterocycles. The summed E-state index contributed by atoms with van der Waals surface area (Å²) >= 11 is 0. The van der Waals surface area contributed by atoms with E-state index in [1.54, 1.807) is 0 Å². The predicted molar refractivity (Wildman–Crippen MR) is 252 cm³/mol. The molecule has 0 saturated heterocycles. The summed E-state index contributed by atoms with van der Waals surface area (Å²) in [7, 11) is 1.45. The summed E-state index contributed by atoms with van der Waals surface area (Å²) in [5.74, 6) is -0.848. The maximum atomic E-state index is 12.7. The highest BCUT2D eigenvalue weighted by molar-refractivity contribution is 7.47. The number of phosphoric ester groups is 1. The lowest BCUT2D eigenvalue weighted by atomic mass is 10.1. The Labute approximate surface area is 370 Å². The van der Waals surface area contributed by atoms with E-state index in [0.29, 0.717) is 17.4 Å². The molecule has 0 aliphatic rings. The Morgan fingerprint density at radius 1 is 0.517 bits per heavy atom. The number of rotatable bonds is 45. The first-order valence-corrected chi connectivity index (χ1v) is 26.2. The third kappa shape index (κ3) is 45.7. The summed E-state index contributed by atoms with van der Waals surface area (Å²) in [5, 5.41) is 0. The molecule has 0 aromatic carbocycles. The molecule has 352 valence electrons. The number of carbonyl (C=O) groups excluding carboxylic acids is 2. The van der Waals surface area contributed by atoms with E-state index in [0.717, 1.165) is 38.5 Å². The van der Waals surface area contributed by atoms with Crippen LogP contribution in [0.5, 0.6) is 0 Å². The predicted octanol–water partition coefficient (Wildman–Crippen LogP) is 14.5. The standard InChI is InChI=1S/C50H94NO8P/c1-6-8-10-12-14-16-18-20-22-24-25-27-28-30-32-34-36-38-40-42-49(52)56-46-48(47-58-60(54,55)57-45-44-51(3,4)5)59-50(53)43-41-39-37-35-33-31-29-26-23-21-19-17-15-13-11-9-7-2/h20,22,29,31,35,37,48H,6-19,21,23-28,30,32-34,36,38-47H2,1-5H3/p+1/b22-20+,31-29+,37-35+/t48-/m1/s1. The number of nitrogens with zero attached hydrogens (tertiary/aromatic N) is 1. The molecule has 0 fully saturated rings. The maximum Gasteiger partial charge on any atom is 0.472 e.